The van der Waals surface area contributed by atoms with Gasteiger partial charge in [0.1, 0.15) is 5.60 Å². The molecule has 2 aliphatic rings. The Balaban J connectivity index is 2.12. The number of fused-ring (bicyclic) bond motifs is 1. The Morgan fingerprint density at radius 3 is 2.89 bits per heavy atom. The van der Waals surface area contributed by atoms with Crippen LogP contribution in [0.4, 0.5) is 0 Å². The van der Waals surface area contributed by atoms with E-state index in [-0.39, 0.29) is 12.1 Å². The van der Waals surface area contributed by atoms with Crippen LogP contribution in [-0.4, -0.2) is 29.5 Å². The predicted molar refractivity (Wildman–Crippen MR) is 73.2 cm³/mol. The van der Waals surface area contributed by atoms with Crippen LogP contribution in [0.25, 0.3) is 0 Å². The summed E-state index contributed by atoms with van der Waals surface area (Å²) < 4.78 is 5.73. The van der Waals surface area contributed by atoms with Crippen molar-refractivity contribution >= 4 is 0 Å². The summed E-state index contributed by atoms with van der Waals surface area (Å²) in [5, 5.41) is 14.3. The van der Waals surface area contributed by atoms with Crippen LogP contribution in [0.1, 0.15) is 32.1 Å². The minimum atomic E-state index is -0.736. The van der Waals surface area contributed by atoms with Crippen LogP contribution < -0.4 is 5.32 Å². The largest absolute Gasteiger partial charge is 0.385 e. The maximum Gasteiger partial charge on any atom is 0.111 e. The fraction of sp³-hybridized carbons (Fsp3) is 0.600. The first kappa shape index (κ1) is 13.4. The van der Waals surface area contributed by atoms with Crippen LogP contribution >= 0.6 is 0 Å². The fourth-order valence-corrected chi connectivity index (χ4v) is 3.08. The molecule has 1 saturated heterocycles. The second-order valence-corrected chi connectivity index (χ2v) is 5.14. The third kappa shape index (κ3) is 2.52. The Labute approximate surface area is 109 Å². The number of hydrogen-bond donors (Lipinski definition) is 2. The summed E-state index contributed by atoms with van der Waals surface area (Å²) in [5.74, 6) is 0. The van der Waals surface area contributed by atoms with E-state index in [1.54, 1.807) is 12.2 Å². The summed E-state index contributed by atoms with van der Waals surface area (Å²) in [4.78, 5) is 0. The summed E-state index contributed by atoms with van der Waals surface area (Å²) in [6.45, 7) is 8.24. The molecule has 3 unspecified atom stereocenters. The lowest BCUT2D eigenvalue weighted by Gasteiger charge is -2.48. The van der Waals surface area contributed by atoms with Gasteiger partial charge in [0.2, 0.25) is 0 Å². The molecule has 0 radical (unpaired) electrons. The molecule has 0 aromatic rings. The lowest BCUT2D eigenvalue weighted by atomic mass is 9.74. The average Bonchev–Trinajstić information content (AvgIpc) is 2.38. The summed E-state index contributed by atoms with van der Waals surface area (Å²) in [7, 11) is 0. The zero-order chi connectivity index (χ0) is 13.0. The van der Waals surface area contributed by atoms with Crippen LogP contribution in [-0.2, 0) is 4.74 Å². The first-order valence-corrected chi connectivity index (χ1v) is 6.76. The van der Waals surface area contributed by atoms with Gasteiger partial charge in [0.15, 0.2) is 0 Å². The number of hydrogen-bond acceptors (Lipinski definition) is 3. The second-order valence-electron chi connectivity index (χ2n) is 5.14. The van der Waals surface area contributed by atoms with Gasteiger partial charge in [-0.05, 0) is 44.3 Å². The molecule has 0 aromatic heterocycles. The molecule has 100 valence electrons. The van der Waals surface area contributed by atoms with E-state index in [4.69, 9.17) is 4.74 Å². The van der Waals surface area contributed by atoms with Crippen LogP contribution in [0.2, 0.25) is 0 Å². The van der Waals surface area contributed by atoms with Crippen LogP contribution in [0.5, 0.6) is 0 Å². The highest BCUT2D eigenvalue weighted by molar-refractivity contribution is 5.21. The Bertz CT molecular complexity index is 348. The fourth-order valence-electron chi connectivity index (χ4n) is 3.08. The van der Waals surface area contributed by atoms with Crippen molar-refractivity contribution in [3.8, 4) is 0 Å². The Kier molecular flexibility index (Phi) is 4.25. The summed E-state index contributed by atoms with van der Waals surface area (Å²) in [6, 6.07) is 0.0424. The number of allylic oxidation sites excluding steroid dienone is 3. The third-order valence-corrected chi connectivity index (χ3v) is 4.02. The summed E-state index contributed by atoms with van der Waals surface area (Å²) in [5.41, 5.74) is 0.175. The van der Waals surface area contributed by atoms with E-state index < -0.39 is 5.60 Å². The van der Waals surface area contributed by atoms with Crippen molar-refractivity contribution in [3.63, 3.8) is 0 Å². The molecule has 3 nitrogen and oxygen atoms in total. The minimum absolute atomic E-state index is 0.0210. The van der Waals surface area contributed by atoms with Crippen molar-refractivity contribution in [2.24, 2.45) is 0 Å². The van der Waals surface area contributed by atoms with Gasteiger partial charge < -0.3 is 15.2 Å². The molecule has 1 aliphatic heterocycles. The molecule has 2 rings (SSSR count). The van der Waals surface area contributed by atoms with Crippen molar-refractivity contribution in [1.29, 1.82) is 0 Å². The van der Waals surface area contributed by atoms with Gasteiger partial charge in [0.25, 0.3) is 0 Å². The SMILES string of the molecule is C=C/C=C(\C=C)NC1CCCC2OCCCC12O. The molecule has 2 fully saturated rings. The normalized spacial score (nSPS) is 36.6. The summed E-state index contributed by atoms with van der Waals surface area (Å²) >= 11 is 0. The average molecular weight is 249 g/mol. The number of nitrogens with one attached hydrogen (secondary N) is 1. The number of ether oxygens (including phenoxy) is 1. The van der Waals surface area contributed by atoms with Gasteiger partial charge >= 0.3 is 0 Å². The smallest absolute Gasteiger partial charge is 0.111 e. The van der Waals surface area contributed by atoms with E-state index in [1.807, 2.05) is 6.08 Å². The van der Waals surface area contributed by atoms with Crippen molar-refractivity contribution in [2.75, 3.05) is 6.61 Å². The van der Waals surface area contributed by atoms with Crippen molar-refractivity contribution in [2.45, 2.75) is 49.9 Å². The van der Waals surface area contributed by atoms with E-state index in [1.165, 1.54) is 0 Å². The topological polar surface area (TPSA) is 41.5 Å². The highest BCUT2D eigenvalue weighted by Crippen LogP contribution is 2.38. The molecule has 3 atom stereocenters. The highest BCUT2D eigenvalue weighted by atomic mass is 16.5. The van der Waals surface area contributed by atoms with Crippen LogP contribution in [0.15, 0.2) is 37.1 Å². The van der Waals surface area contributed by atoms with E-state index in [9.17, 15) is 5.11 Å². The zero-order valence-electron chi connectivity index (χ0n) is 10.9. The molecular weight excluding hydrogens is 226 g/mol. The summed E-state index contributed by atoms with van der Waals surface area (Å²) in [6.07, 6.45) is 10.1. The zero-order valence-corrected chi connectivity index (χ0v) is 10.9. The molecule has 1 heterocycles. The van der Waals surface area contributed by atoms with Gasteiger partial charge in [-0.15, -0.1) is 0 Å². The minimum Gasteiger partial charge on any atom is -0.385 e. The molecule has 1 aliphatic carbocycles. The van der Waals surface area contributed by atoms with E-state index in [0.717, 1.165) is 44.4 Å². The molecule has 18 heavy (non-hydrogen) atoms. The van der Waals surface area contributed by atoms with Crippen molar-refractivity contribution in [1.82, 2.24) is 5.32 Å². The molecule has 2 N–H and O–H groups in total. The van der Waals surface area contributed by atoms with Gasteiger partial charge in [-0.2, -0.15) is 0 Å². The van der Waals surface area contributed by atoms with Crippen LogP contribution in [0.3, 0.4) is 0 Å². The number of aliphatic hydroxyl groups is 1. The molecule has 0 aromatic carbocycles. The van der Waals surface area contributed by atoms with E-state index >= 15 is 0 Å². The van der Waals surface area contributed by atoms with E-state index in [0.29, 0.717) is 0 Å². The van der Waals surface area contributed by atoms with Crippen molar-refractivity contribution < 1.29 is 9.84 Å². The lowest BCUT2D eigenvalue weighted by molar-refractivity contribution is -0.175. The maximum absolute atomic E-state index is 10.9. The third-order valence-electron chi connectivity index (χ3n) is 4.02. The molecule has 0 bridgehead atoms. The standard InChI is InChI=1S/C15H23NO2/c1-3-7-12(4-2)16-13-8-5-9-14-15(13,17)10-6-11-18-14/h3-4,7,13-14,16-17H,1-2,5-6,8-11H2/b12-7+. The quantitative estimate of drug-likeness (QED) is 0.751. The first-order chi connectivity index (χ1) is 8.70. The Hall–Kier alpha value is -1.06. The van der Waals surface area contributed by atoms with Crippen molar-refractivity contribution in [3.05, 3.63) is 37.1 Å². The molecule has 1 saturated carbocycles. The van der Waals surface area contributed by atoms with Gasteiger partial charge in [0.05, 0.1) is 12.1 Å². The lowest BCUT2D eigenvalue weighted by Crippen LogP contribution is -2.62. The Morgan fingerprint density at radius 2 is 2.17 bits per heavy atom. The second kappa shape index (κ2) is 5.72. The first-order valence-electron chi connectivity index (χ1n) is 6.76. The Morgan fingerprint density at radius 1 is 1.33 bits per heavy atom. The van der Waals surface area contributed by atoms with Crippen LogP contribution in [0, 0.1) is 0 Å². The predicted octanol–water partition coefficient (Wildman–Crippen LogP) is 2.29. The van der Waals surface area contributed by atoms with E-state index in [2.05, 4.69) is 18.5 Å². The van der Waals surface area contributed by atoms with Gasteiger partial charge in [0, 0.05) is 12.3 Å². The molecule has 0 spiro atoms. The highest BCUT2D eigenvalue weighted by Gasteiger charge is 2.48. The monoisotopic (exact) mass is 249 g/mol. The molecule has 3 heteroatoms. The van der Waals surface area contributed by atoms with Gasteiger partial charge in [-0.3, -0.25) is 0 Å². The van der Waals surface area contributed by atoms with Gasteiger partial charge in [-0.25, -0.2) is 0 Å². The molecule has 0 amide bonds. The van der Waals surface area contributed by atoms with Gasteiger partial charge in [-0.1, -0.05) is 19.2 Å². The molecular formula is C15H23NO2. The number of rotatable bonds is 4. The maximum atomic E-state index is 10.9.